The van der Waals surface area contributed by atoms with Gasteiger partial charge in [-0.1, -0.05) is 6.07 Å². The molecule has 2 N–H and O–H groups in total. The molecule has 0 saturated carbocycles. The predicted molar refractivity (Wildman–Crippen MR) is 59.8 cm³/mol. The summed E-state index contributed by atoms with van der Waals surface area (Å²) >= 11 is 0. The maximum atomic E-state index is 5.69. The van der Waals surface area contributed by atoms with Crippen molar-refractivity contribution in [1.29, 1.82) is 0 Å². The number of hydrogen-bond acceptors (Lipinski definition) is 4. The molecule has 4 nitrogen and oxygen atoms in total. The summed E-state index contributed by atoms with van der Waals surface area (Å²) in [6, 6.07) is 3.96. The first kappa shape index (κ1) is 10.4. The van der Waals surface area contributed by atoms with Crippen molar-refractivity contribution in [2.24, 2.45) is 5.73 Å². The summed E-state index contributed by atoms with van der Waals surface area (Å²) in [5, 5.41) is 0. The van der Waals surface area contributed by atoms with Crippen molar-refractivity contribution in [3.8, 4) is 0 Å². The molecule has 0 amide bonds. The standard InChI is InChI=1S/C11H17N3O/c1-15-10-4-6-14(8-10)11-9(7-12)3-2-5-13-11/h2-3,5,10H,4,6-8,12H2,1H3. The second-order valence-electron chi connectivity index (χ2n) is 3.78. The predicted octanol–water partition coefficient (Wildman–Crippen LogP) is 0.765. The zero-order valence-electron chi connectivity index (χ0n) is 9.02. The molecule has 1 fully saturated rings. The molecular formula is C11H17N3O. The Hall–Kier alpha value is -1.13. The lowest BCUT2D eigenvalue weighted by Gasteiger charge is -2.19. The van der Waals surface area contributed by atoms with Crippen molar-refractivity contribution in [3.63, 3.8) is 0 Å². The molecule has 82 valence electrons. The summed E-state index contributed by atoms with van der Waals surface area (Å²) in [6.07, 6.45) is 3.21. The Balaban J connectivity index is 2.16. The van der Waals surface area contributed by atoms with E-state index in [1.807, 2.05) is 18.3 Å². The molecule has 0 aliphatic carbocycles. The van der Waals surface area contributed by atoms with E-state index in [1.54, 1.807) is 7.11 Å². The summed E-state index contributed by atoms with van der Waals surface area (Å²) in [4.78, 5) is 6.64. The third-order valence-electron chi connectivity index (χ3n) is 2.87. The quantitative estimate of drug-likeness (QED) is 0.795. The Morgan fingerprint density at radius 3 is 3.20 bits per heavy atom. The van der Waals surface area contributed by atoms with Crippen LogP contribution in [-0.2, 0) is 11.3 Å². The minimum atomic E-state index is 0.331. The van der Waals surface area contributed by atoms with Crippen LogP contribution < -0.4 is 10.6 Å². The van der Waals surface area contributed by atoms with E-state index in [9.17, 15) is 0 Å². The summed E-state index contributed by atoms with van der Waals surface area (Å²) in [7, 11) is 1.76. The van der Waals surface area contributed by atoms with Gasteiger partial charge in [-0.05, 0) is 12.5 Å². The van der Waals surface area contributed by atoms with Crippen LogP contribution in [0.5, 0.6) is 0 Å². The van der Waals surface area contributed by atoms with Gasteiger partial charge in [-0.25, -0.2) is 4.98 Å². The molecule has 1 atom stereocenters. The van der Waals surface area contributed by atoms with Crippen molar-refractivity contribution >= 4 is 5.82 Å². The molecule has 1 aliphatic heterocycles. The van der Waals surface area contributed by atoms with Crippen LogP contribution in [0.3, 0.4) is 0 Å². The van der Waals surface area contributed by atoms with Gasteiger partial charge < -0.3 is 15.4 Å². The fourth-order valence-corrected chi connectivity index (χ4v) is 1.99. The summed E-state index contributed by atoms with van der Waals surface area (Å²) in [6.45, 7) is 2.46. The number of aromatic nitrogens is 1. The molecule has 1 saturated heterocycles. The molecule has 1 aliphatic rings. The highest BCUT2D eigenvalue weighted by atomic mass is 16.5. The third kappa shape index (κ3) is 2.11. The summed E-state index contributed by atoms with van der Waals surface area (Å²) in [5.74, 6) is 1.01. The molecule has 0 aromatic carbocycles. The van der Waals surface area contributed by atoms with Crippen LogP contribution in [0.15, 0.2) is 18.3 Å². The van der Waals surface area contributed by atoms with E-state index in [2.05, 4.69) is 9.88 Å². The fraction of sp³-hybridized carbons (Fsp3) is 0.545. The van der Waals surface area contributed by atoms with Gasteiger partial charge in [0.1, 0.15) is 5.82 Å². The average Bonchev–Trinajstić information content (AvgIpc) is 2.77. The molecule has 0 bridgehead atoms. The SMILES string of the molecule is COC1CCN(c2ncccc2CN)C1. The van der Waals surface area contributed by atoms with E-state index in [4.69, 9.17) is 10.5 Å². The van der Waals surface area contributed by atoms with Crippen molar-refractivity contribution in [2.45, 2.75) is 19.1 Å². The zero-order chi connectivity index (χ0) is 10.7. The molecular weight excluding hydrogens is 190 g/mol. The maximum absolute atomic E-state index is 5.69. The Morgan fingerprint density at radius 2 is 2.53 bits per heavy atom. The summed E-state index contributed by atoms with van der Waals surface area (Å²) in [5.41, 5.74) is 6.79. The first-order valence-electron chi connectivity index (χ1n) is 5.27. The molecule has 4 heteroatoms. The Labute approximate surface area is 90.0 Å². The summed E-state index contributed by atoms with van der Waals surface area (Å²) < 4.78 is 5.34. The average molecular weight is 207 g/mol. The van der Waals surface area contributed by atoms with E-state index >= 15 is 0 Å². The third-order valence-corrected chi connectivity index (χ3v) is 2.87. The molecule has 15 heavy (non-hydrogen) atoms. The molecule has 1 aromatic rings. The van der Waals surface area contributed by atoms with E-state index in [-0.39, 0.29) is 0 Å². The number of hydrogen-bond donors (Lipinski definition) is 1. The smallest absolute Gasteiger partial charge is 0.133 e. The van der Waals surface area contributed by atoms with Crippen LogP contribution >= 0.6 is 0 Å². The molecule has 2 heterocycles. The lowest BCUT2D eigenvalue weighted by Crippen LogP contribution is -2.24. The number of rotatable bonds is 3. The van der Waals surface area contributed by atoms with Crippen LogP contribution in [0, 0.1) is 0 Å². The van der Waals surface area contributed by atoms with Crippen molar-refractivity contribution < 1.29 is 4.74 Å². The van der Waals surface area contributed by atoms with E-state index in [1.165, 1.54) is 0 Å². The molecule has 1 unspecified atom stereocenters. The number of pyridine rings is 1. The fourth-order valence-electron chi connectivity index (χ4n) is 1.99. The number of nitrogens with two attached hydrogens (primary N) is 1. The molecule has 0 radical (unpaired) electrons. The van der Waals surface area contributed by atoms with Crippen molar-refractivity contribution in [2.75, 3.05) is 25.1 Å². The number of nitrogens with zero attached hydrogens (tertiary/aromatic N) is 2. The van der Waals surface area contributed by atoms with Gasteiger partial charge in [-0.2, -0.15) is 0 Å². The Kier molecular flexibility index (Phi) is 3.18. The molecule has 1 aromatic heterocycles. The second-order valence-corrected chi connectivity index (χ2v) is 3.78. The molecule has 0 spiro atoms. The number of anilines is 1. The van der Waals surface area contributed by atoms with Gasteiger partial charge in [0.15, 0.2) is 0 Å². The minimum absolute atomic E-state index is 0.331. The largest absolute Gasteiger partial charge is 0.380 e. The van der Waals surface area contributed by atoms with Crippen molar-refractivity contribution in [1.82, 2.24) is 4.98 Å². The van der Waals surface area contributed by atoms with Gasteiger partial charge in [-0.3, -0.25) is 0 Å². The Bertz CT molecular complexity index is 329. The Morgan fingerprint density at radius 1 is 1.67 bits per heavy atom. The van der Waals surface area contributed by atoms with Gasteiger partial charge in [0, 0.05) is 38.5 Å². The first-order valence-corrected chi connectivity index (χ1v) is 5.27. The molecule has 2 rings (SSSR count). The van der Waals surface area contributed by atoms with Gasteiger partial charge >= 0.3 is 0 Å². The van der Waals surface area contributed by atoms with Gasteiger partial charge in [0.25, 0.3) is 0 Å². The van der Waals surface area contributed by atoms with Crippen molar-refractivity contribution in [3.05, 3.63) is 23.9 Å². The van der Waals surface area contributed by atoms with Crippen LogP contribution in [-0.4, -0.2) is 31.3 Å². The highest BCUT2D eigenvalue weighted by molar-refractivity contribution is 5.47. The van der Waals surface area contributed by atoms with E-state index < -0.39 is 0 Å². The van der Waals surface area contributed by atoms with Gasteiger partial charge in [0.2, 0.25) is 0 Å². The lowest BCUT2D eigenvalue weighted by atomic mass is 10.2. The normalized spacial score (nSPS) is 20.9. The second kappa shape index (κ2) is 4.59. The van der Waals surface area contributed by atoms with Gasteiger partial charge in [-0.15, -0.1) is 0 Å². The topological polar surface area (TPSA) is 51.4 Å². The first-order chi connectivity index (χ1) is 7.35. The van der Waals surface area contributed by atoms with Crippen LogP contribution in [0.4, 0.5) is 5.82 Å². The highest BCUT2D eigenvalue weighted by Gasteiger charge is 2.24. The van der Waals surface area contributed by atoms with Crippen LogP contribution in [0.25, 0.3) is 0 Å². The highest BCUT2D eigenvalue weighted by Crippen LogP contribution is 2.22. The zero-order valence-corrected chi connectivity index (χ0v) is 9.02. The lowest BCUT2D eigenvalue weighted by molar-refractivity contribution is 0.121. The van der Waals surface area contributed by atoms with E-state index in [0.29, 0.717) is 12.6 Å². The number of methoxy groups -OCH3 is 1. The minimum Gasteiger partial charge on any atom is -0.380 e. The van der Waals surface area contributed by atoms with Crippen LogP contribution in [0.2, 0.25) is 0 Å². The van der Waals surface area contributed by atoms with E-state index in [0.717, 1.165) is 30.9 Å². The van der Waals surface area contributed by atoms with Crippen LogP contribution in [0.1, 0.15) is 12.0 Å². The maximum Gasteiger partial charge on any atom is 0.133 e. The van der Waals surface area contributed by atoms with Gasteiger partial charge in [0.05, 0.1) is 6.10 Å². The monoisotopic (exact) mass is 207 g/mol. The number of ether oxygens (including phenoxy) is 1.